The van der Waals surface area contributed by atoms with E-state index in [1.807, 2.05) is 47.8 Å². The monoisotopic (exact) mass is 288 g/mol. The van der Waals surface area contributed by atoms with Crippen LogP contribution in [0.4, 0.5) is 0 Å². The van der Waals surface area contributed by atoms with Gasteiger partial charge in [0.15, 0.2) is 5.43 Å². The number of para-hydroxylation sites is 1. The summed E-state index contributed by atoms with van der Waals surface area (Å²) in [5.41, 5.74) is 1.85. The van der Waals surface area contributed by atoms with Crippen LogP contribution >= 0.6 is 23.5 Å². The van der Waals surface area contributed by atoms with Crippen LogP contribution in [0.2, 0.25) is 0 Å². The van der Waals surface area contributed by atoms with Gasteiger partial charge in [0.25, 0.3) is 0 Å². The molecule has 1 aromatic heterocycles. The van der Waals surface area contributed by atoms with Gasteiger partial charge in [-0.3, -0.25) is 4.79 Å². The third-order valence-electron chi connectivity index (χ3n) is 4.92. The van der Waals surface area contributed by atoms with E-state index in [-0.39, 0.29) is 14.9 Å². The molecule has 0 bridgehead atoms. The molecule has 0 N–H and O–H groups in total. The van der Waals surface area contributed by atoms with Gasteiger partial charge in [0, 0.05) is 10.00 Å². The predicted molar refractivity (Wildman–Crippen MR) is 80.0 cm³/mol. The van der Waals surface area contributed by atoms with E-state index in [1.165, 1.54) is 0 Å². The second-order valence-corrected chi connectivity index (χ2v) is 9.04. The molecule has 1 aliphatic carbocycles. The topological polar surface area (TPSA) is 30.2 Å². The van der Waals surface area contributed by atoms with E-state index in [0.29, 0.717) is 10.5 Å². The molecular formula is C15H12O2S2. The summed E-state index contributed by atoms with van der Waals surface area (Å²) in [5, 5.41) is 1.75. The van der Waals surface area contributed by atoms with E-state index in [4.69, 9.17) is 4.42 Å². The zero-order valence-corrected chi connectivity index (χ0v) is 12.2. The Morgan fingerprint density at radius 3 is 2.89 bits per heavy atom. The summed E-state index contributed by atoms with van der Waals surface area (Å²) in [6, 6.07) is 7.61. The standard InChI is InChI=1S/C15H12O2S2/c1-14-9-10(16)7-5-3-4-6-8(7)17-11(9)12-13(18-12)15(14,2)19-14/h3-6,12-13H,1-2H3. The van der Waals surface area contributed by atoms with Crippen molar-refractivity contribution in [1.29, 1.82) is 0 Å². The van der Waals surface area contributed by atoms with E-state index in [0.717, 1.165) is 22.3 Å². The van der Waals surface area contributed by atoms with Crippen molar-refractivity contribution in [3.63, 3.8) is 0 Å². The zero-order chi connectivity index (χ0) is 13.0. The average molecular weight is 288 g/mol. The van der Waals surface area contributed by atoms with Crippen LogP contribution in [0.5, 0.6) is 0 Å². The Bertz CT molecular complexity index is 811. The molecule has 96 valence electrons. The first-order valence-corrected chi connectivity index (χ1v) is 8.24. The van der Waals surface area contributed by atoms with Crippen molar-refractivity contribution in [3.8, 4) is 0 Å². The molecule has 4 heteroatoms. The molecular weight excluding hydrogens is 276 g/mol. The highest BCUT2D eigenvalue weighted by atomic mass is 32.2. The van der Waals surface area contributed by atoms with E-state index in [2.05, 4.69) is 13.8 Å². The van der Waals surface area contributed by atoms with Gasteiger partial charge in [-0.05, 0) is 26.0 Å². The Labute approximate surface area is 118 Å². The minimum absolute atomic E-state index is 0.0440. The van der Waals surface area contributed by atoms with Crippen molar-refractivity contribution in [1.82, 2.24) is 0 Å². The summed E-state index contributed by atoms with van der Waals surface area (Å²) in [4.78, 5) is 12.8. The first-order chi connectivity index (χ1) is 9.06. The van der Waals surface area contributed by atoms with Crippen LogP contribution in [0.1, 0.15) is 30.4 Å². The zero-order valence-electron chi connectivity index (χ0n) is 10.6. The van der Waals surface area contributed by atoms with Gasteiger partial charge in [0.2, 0.25) is 0 Å². The second-order valence-electron chi connectivity index (χ2n) is 5.89. The van der Waals surface area contributed by atoms with Crippen LogP contribution in [0, 0.1) is 0 Å². The third kappa shape index (κ3) is 1.05. The van der Waals surface area contributed by atoms with Crippen LogP contribution in [-0.2, 0) is 4.75 Å². The average Bonchev–Trinajstić information content (AvgIpc) is 3.25. The number of benzene rings is 1. The largest absolute Gasteiger partial charge is 0.459 e. The molecule has 0 spiro atoms. The predicted octanol–water partition coefficient (Wildman–Crippen LogP) is 3.68. The second kappa shape index (κ2) is 2.91. The molecule has 19 heavy (non-hydrogen) atoms. The van der Waals surface area contributed by atoms with Gasteiger partial charge in [-0.25, -0.2) is 0 Å². The molecule has 3 aliphatic rings. The normalized spacial score (nSPS) is 41.4. The molecule has 2 aromatic rings. The van der Waals surface area contributed by atoms with Crippen LogP contribution < -0.4 is 5.43 Å². The first-order valence-electron chi connectivity index (χ1n) is 6.48. The van der Waals surface area contributed by atoms with Gasteiger partial charge in [-0.15, -0.1) is 23.5 Å². The lowest BCUT2D eigenvalue weighted by Crippen LogP contribution is -2.33. The summed E-state index contributed by atoms with van der Waals surface area (Å²) < 4.78 is 6.28. The number of hydrogen-bond acceptors (Lipinski definition) is 4. The van der Waals surface area contributed by atoms with E-state index in [1.54, 1.807) is 0 Å². The van der Waals surface area contributed by atoms with Crippen LogP contribution in [0.25, 0.3) is 11.0 Å². The van der Waals surface area contributed by atoms with Gasteiger partial charge >= 0.3 is 0 Å². The first kappa shape index (κ1) is 10.9. The molecule has 2 aliphatic heterocycles. The lowest BCUT2D eigenvalue weighted by Gasteiger charge is -2.22. The maximum atomic E-state index is 12.8. The number of fused-ring (bicyclic) bond motifs is 7. The number of hydrogen-bond donors (Lipinski definition) is 0. The lowest BCUT2D eigenvalue weighted by molar-refractivity contribution is 0.458. The van der Waals surface area contributed by atoms with Crippen molar-refractivity contribution in [3.05, 3.63) is 45.8 Å². The van der Waals surface area contributed by atoms with Crippen molar-refractivity contribution in [2.75, 3.05) is 0 Å². The molecule has 0 radical (unpaired) electrons. The molecule has 2 nitrogen and oxygen atoms in total. The highest BCUT2D eigenvalue weighted by Gasteiger charge is 2.78. The minimum atomic E-state index is -0.0440. The van der Waals surface area contributed by atoms with Gasteiger partial charge in [0.05, 0.1) is 20.9 Å². The third-order valence-corrected chi connectivity index (χ3v) is 8.49. The summed E-state index contributed by atoms with van der Waals surface area (Å²) in [5.74, 6) is 0.948. The van der Waals surface area contributed by atoms with Crippen LogP contribution in [-0.4, -0.2) is 10.00 Å². The maximum absolute atomic E-state index is 12.8. The van der Waals surface area contributed by atoms with E-state index >= 15 is 0 Å². The van der Waals surface area contributed by atoms with Crippen molar-refractivity contribution < 1.29 is 4.42 Å². The lowest BCUT2D eigenvalue weighted by atomic mass is 9.79. The Morgan fingerprint density at radius 1 is 1.26 bits per heavy atom. The van der Waals surface area contributed by atoms with Crippen LogP contribution in [0.15, 0.2) is 33.5 Å². The quantitative estimate of drug-likeness (QED) is 0.692. The summed E-state index contributed by atoms with van der Waals surface area (Å²) in [6.45, 7) is 4.50. The molecule has 1 aromatic carbocycles. The summed E-state index contributed by atoms with van der Waals surface area (Å²) in [7, 11) is 0. The molecule has 0 amide bonds. The molecule has 0 saturated carbocycles. The summed E-state index contributed by atoms with van der Waals surface area (Å²) in [6.07, 6.45) is 0. The SMILES string of the molecule is CC12SC1(C)C1SC1c1oc3ccccc3c(=O)c12. The highest BCUT2D eigenvalue weighted by molar-refractivity contribution is 8.13. The minimum Gasteiger partial charge on any atom is -0.459 e. The fraction of sp³-hybridized carbons (Fsp3) is 0.400. The van der Waals surface area contributed by atoms with Gasteiger partial charge in [-0.1, -0.05) is 12.1 Å². The molecule has 4 atom stereocenters. The van der Waals surface area contributed by atoms with Gasteiger partial charge in [0.1, 0.15) is 11.3 Å². The Balaban J connectivity index is 1.95. The molecule has 2 saturated heterocycles. The molecule has 3 heterocycles. The Hall–Kier alpha value is -0.870. The Kier molecular flexibility index (Phi) is 1.66. The van der Waals surface area contributed by atoms with Crippen LogP contribution in [0.3, 0.4) is 0 Å². The van der Waals surface area contributed by atoms with Crippen molar-refractivity contribution in [2.24, 2.45) is 0 Å². The molecule has 4 unspecified atom stereocenters. The smallest absolute Gasteiger partial charge is 0.197 e. The van der Waals surface area contributed by atoms with E-state index < -0.39 is 0 Å². The van der Waals surface area contributed by atoms with Gasteiger partial charge in [-0.2, -0.15) is 0 Å². The fourth-order valence-electron chi connectivity index (χ4n) is 3.57. The molecule has 5 rings (SSSR count). The molecule has 2 fully saturated rings. The number of rotatable bonds is 0. The Morgan fingerprint density at radius 2 is 2.05 bits per heavy atom. The van der Waals surface area contributed by atoms with E-state index in [9.17, 15) is 4.79 Å². The van der Waals surface area contributed by atoms with Gasteiger partial charge < -0.3 is 4.42 Å². The summed E-state index contributed by atoms with van der Waals surface area (Å²) >= 11 is 3.89. The maximum Gasteiger partial charge on any atom is 0.197 e. The van der Waals surface area contributed by atoms with Crippen molar-refractivity contribution >= 4 is 34.5 Å². The highest BCUT2D eigenvalue weighted by Crippen LogP contribution is 2.84. The van der Waals surface area contributed by atoms with Crippen molar-refractivity contribution in [2.45, 2.75) is 33.8 Å². The fourth-order valence-corrected chi connectivity index (χ4v) is 7.02. The number of thioether (sulfide) groups is 2.